The fraction of sp³-hybridized carbons (Fsp3) is 1.00. The molecule has 0 aliphatic heterocycles. The first-order chi connectivity index (χ1) is 6.39. The van der Waals surface area contributed by atoms with Gasteiger partial charge in [-0.2, -0.15) is 0 Å². The standard InChI is InChI=1S/C13H30N2/c1-11(2,12(3,4)14(7)8)13(5,6)15(9)10/h1-10H3/p+2. The summed E-state index contributed by atoms with van der Waals surface area (Å²) in [6.07, 6.45) is 0. The van der Waals surface area contributed by atoms with Gasteiger partial charge in [-0.3, -0.25) is 0 Å². The van der Waals surface area contributed by atoms with E-state index in [0.29, 0.717) is 0 Å². The van der Waals surface area contributed by atoms with E-state index < -0.39 is 0 Å². The Morgan fingerprint density at radius 2 is 0.733 bits per heavy atom. The van der Waals surface area contributed by atoms with Gasteiger partial charge in [0.25, 0.3) is 0 Å². The van der Waals surface area contributed by atoms with Crippen LogP contribution in [-0.4, -0.2) is 39.3 Å². The highest BCUT2D eigenvalue weighted by molar-refractivity contribution is 4.97. The zero-order valence-electron chi connectivity index (χ0n) is 12.5. The van der Waals surface area contributed by atoms with E-state index in [0.717, 1.165) is 0 Å². The molecule has 0 unspecified atom stereocenters. The molecule has 0 rings (SSSR count). The molecule has 15 heavy (non-hydrogen) atoms. The normalized spacial score (nSPS) is 15.2. The minimum Gasteiger partial charge on any atom is -0.335 e. The van der Waals surface area contributed by atoms with Crippen LogP contribution in [0.3, 0.4) is 0 Å². The summed E-state index contributed by atoms with van der Waals surface area (Å²) in [7, 11) is 9.01. The molecule has 92 valence electrons. The number of hydrogen-bond donors (Lipinski definition) is 2. The van der Waals surface area contributed by atoms with Crippen LogP contribution in [0.25, 0.3) is 0 Å². The fourth-order valence-electron chi connectivity index (χ4n) is 2.03. The largest absolute Gasteiger partial charge is 0.335 e. The Bertz CT molecular complexity index is 191. The van der Waals surface area contributed by atoms with Crippen LogP contribution in [0.4, 0.5) is 0 Å². The predicted octanol–water partition coefficient (Wildman–Crippen LogP) is -0.141. The first-order valence-electron chi connectivity index (χ1n) is 6.00. The number of nitrogens with one attached hydrogen (secondary N) is 2. The molecule has 0 saturated carbocycles. The number of quaternary nitrogens is 2. The van der Waals surface area contributed by atoms with Crippen LogP contribution >= 0.6 is 0 Å². The summed E-state index contributed by atoms with van der Waals surface area (Å²) in [5.74, 6) is 0. The van der Waals surface area contributed by atoms with Crippen LogP contribution in [-0.2, 0) is 0 Å². The van der Waals surface area contributed by atoms with Gasteiger partial charge in [-0.25, -0.2) is 0 Å². The van der Waals surface area contributed by atoms with Gasteiger partial charge in [0.05, 0.1) is 33.6 Å². The van der Waals surface area contributed by atoms with E-state index in [1.165, 1.54) is 9.80 Å². The van der Waals surface area contributed by atoms with E-state index >= 15 is 0 Å². The van der Waals surface area contributed by atoms with Crippen molar-refractivity contribution in [3.05, 3.63) is 0 Å². The Balaban J connectivity index is 5.30. The van der Waals surface area contributed by atoms with E-state index in [1.807, 2.05) is 0 Å². The molecule has 0 radical (unpaired) electrons. The SMILES string of the molecule is C[NH+](C)C(C)(C)C(C)(C)C(C)(C)[NH+](C)C. The summed E-state index contributed by atoms with van der Waals surface area (Å²) >= 11 is 0. The first kappa shape index (κ1) is 14.9. The van der Waals surface area contributed by atoms with Gasteiger partial charge in [-0.05, 0) is 41.5 Å². The summed E-state index contributed by atoms with van der Waals surface area (Å²) in [5.41, 5.74) is 0.777. The zero-order chi connectivity index (χ0) is 12.7. The molecule has 2 nitrogen and oxygen atoms in total. The molecule has 2 heteroatoms. The molecule has 0 aromatic carbocycles. The third-order valence-electron chi connectivity index (χ3n) is 5.62. The molecule has 0 heterocycles. The van der Waals surface area contributed by atoms with E-state index in [4.69, 9.17) is 0 Å². The maximum absolute atomic E-state index is 2.40. The summed E-state index contributed by atoms with van der Waals surface area (Å²) in [5, 5.41) is 0. The van der Waals surface area contributed by atoms with Crippen LogP contribution in [0.1, 0.15) is 41.5 Å². The summed E-state index contributed by atoms with van der Waals surface area (Å²) in [6, 6.07) is 0. The van der Waals surface area contributed by atoms with Crippen molar-refractivity contribution in [3.8, 4) is 0 Å². The molecule has 0 amide bonds. The molecule has 0 saturated heterocycles. The third-order valence-corrected chi connectivity index (χ3v) is 5.62. The molecule has 0 aromatic rings. The van der Waals surface area contributed by atoms with Gasteiger partial charge < -0.3 is 9.80 Å². The van der Waals surface area contributed by atoms with Gasteiger partial charge in [0, 0.05) is 0 Å². The van der Waals surface area contributed by atoms with Crippen molar-refractivity contribution in [1.29, 1.82) is 0 Å². The minimum atomic E-state index is 0.258. The molecule has 0 atom stereocenters. The lowest BCUT2D eigenvalue weighted by molar-refractivity contribution is -0.955. The van der Waals surface area contributed by atoms with E-state index in [9.17, 15) is 0 Å². The molecule has 0 aliphatic carbocycles. The Morgan fingerprint density at radius 1 is 0.533 bits per heavy atom. The lowest BCUT2D eigenvalue weighted by atomic mass is 9.62. The summed E-state index contributed by atoms with van der Waals surface area (Å²) < 4.78 is 0. The third kappa shape index (κ3) is 2.21. The van der Waals surface area contributed by atoms with Crippen molar-refractivity contribution in [2.45, 2.75) is 52.6 Å². The van der Waals surface area contributed by atoms with Crippen molar-refractivity contribution in [2.24, 2.45) is 5.41 Å². The van der Waals surface area contributed by atoms with Crippen LogP contribution in [0.2, 0.25) is 0 Å². The molecule has 0 aromatic heterocycles. The van der Waals surface area contributed by atoms with E-state index in [-0.39, 0.29) is 16.5 Å². The van der Waals surface area contributed by atoms with Crippen molar-refractivity contribution in [3.63, 3.8) is 0 Å². The van der Waals surface area contributed by atoms with Crippen LogP contribution in [0.5, 0.6) is 0 Å². The fourth-order valence-corrected chi connectivity index (χ4v) is 2.03. The highest BCUT2D eigenvalue weighted by atomic mass is 15.2. The molecule has 0 spiro atoms. The van der Waals surface area contributed by atoms with Crippen LogP contribution < -0.4 is 9.80 Å². The molecular weight excluding hydrogens is 184 g/mol. The van der Waals surface area contributed by atoms with Gasteiger partial charge in [0.15, 0.2) is 0 Å². The molecule has 0 fully saturated rings. The van der Waals surface area contributed by atoms with Gasteiger partial charge >= 0.3 is 0 Å². The second-order valence-electron chi connectivity index (χ2n) is 6.88. The second kappa shape index (κ2) is 4.06. The van der Waals surface area contributed by atoms with E-state index in [2.05, 4.69) is 69.7 Å². The maximum Gasteiger partial charge on any atom is 0.103 e. The van der Waals surface area contributed by atoms with Crippen molar-refractivity contribution in [2.75, 3.05) is 28.2 Å². The Labute approximate surface area is 96.6 Å². The molecule has 0 bridgehead atoms. The lowest BCUT2D eigenvalue weighted by Crippen LogP contribution is -3.22. The van der Waals surface area contributed by atoms with Gasteiger partial charge in [0.2, 0.25) is 0 Å². The van der Waals surface area contributed by atoms with Crippen molar-refractivity contribution in [1.82, 2.24) is 0 Å². The maximum atomic E-state index is 2.40. The topological polar surface area (TPSA) is 8.88 Å². The van der Waals surface area contributed by atoms with Crippen molar-refractivity contribution >= 4 is 0 Å². The summed E-state index contributed by atoms with van der Waals surface area (Å²) in [4.78, 5) is 3.03. The monoisotopic (exact) mass is 216 g/mol. The van der Waals surface area contributed by atoms with Crippen LogP contribution in [0, 0.1) is 5.41 Å². The zero-order valence-corrected chi connectivity index (χ0v) is 12.5. The van der Waals surface area contributed by atoms with Gasteiger partial charge in [-0.1, -0.05) is 0 Å². The number of hydrogen-bond acceptors (Lipinski definition) is 0. The average molecular weight is 216 g/mol. The Hall–Kier alpha value is -0.0800. The number of rotatable bonds is 4. The summed E-state index contributed by atoms with van der Waals surface area (Å²) in [6.45, 7) is 14.3. The Morgan fingerprint density at radius 3 is 0.867 bits per heavy atom. The quantitative estimate of drug-likeness (QED) is 0.647. The van der Waals surface area contributed by atoms with Crippen molar-refractivity contribution < 1.29 is 9.80 Å². The second-order valence-corrected chi connectivity index (χ2v) is 6.88. The van der Waals surface area contributed by atoms with E-state index in [1.54, 1.807) is 0 Å². The average Bonchev–Trinajstić information content (AvgIpc) is 2.02. The first-order valence-corrected chi connectivity index (χ1v) is 6.00. The van der Waals surface area contributed by atoms with Gasteiger partial charge in [0.1, 0.15) is 11.1 Å². The lowest BCUT2D eigenvalue weighted by Gasteiger charge is -2.52. The smallest absolute Gasteiger partial charge is 0.103 e. The predicted molar refractivity (Wildman–Crippen MR) is 67.6 cm³/mol. The minimum absolute atomic E-state index is 0.258. The molecule has 0 aliphatic rings. The Kier molecular flexibility index (Phi) is 4.04. The highest BCUT2D eigenvalue weighted by Gasteiger charge is 2.55. The highest BCUT2D eigenvalue weighted by Crippen LogP contribution is 2.36. The van der Waals surface area contributed by atoms with Gasteiger partial charge in [-0.15, -0.1) is 0 Å². The molecule has 2 N–H and O–H groups in total. The molecular formula is C13H32N2+2. The van der Waals surface area contributed by atoms with Crippen LogP contribution in [0.15, 0.2) is 0 Å².